The van der Waals surface area contributed by atoms with Gasteiger partial charge in [0.2, 0.25) is 0 Å². The summed E-state index contributed by atoms with van der Waals surface area (Å²) in [7, 11) is 0. The van der Waals surface area contributed by atoms with Gasteiger partial charge in [-0.3, -0.25) is 10.1 Å². The zero-order chi connectivity index (χ0) is 14.2. The summed E-state index contributed by atoms with van der Waals surface area (Å²) >= 11 is 0. The Morgan fingerprint density at radius 3 is 2.74 bits per heavy atom. The van der Waals surface area contributed by atoms with Crippen molar-refractivity contribution in [1.29, 1.82) is 0 Å². The highest BCUT2D eigenvalue weighted by Gasteiger charge is 2.42. The van der Waals surface area contributed by atoms with Crippen molar-refractivity contribution in [2.24, 2.45) is 23.7 Å². The molecular formula is C16H26O3. The summed E-state index contributed by atoms with van der Waals surface area (Å²) in [5.74, 6) is 1.89. The third-order valence-corrected chi connectivity index (χ3v) is 5.35. The lowest BCUT2D eigenvalue weighted by Crippen LogP contribution is -2.39. The highest BCUT2D eigenvalue weighted by atomic mass is 17.1. The number of ketones is 1. The second kappa shape index (κ2) is 5.37. The predicted molar refractivity (Wildman–Crippen MR) is 74.7 cm³/mol. The number of Topliss-reactive ketones (excluding diaryl/α,β-unsaturated/α-hetero) is 1. The van der Waals surface area contributed by atoms with Crippen molar-refractivity contribution in [2.75, 3.05) is 0 Å². The third kappa shape index (κ3) is 2.77. The van der Waals surface area contributed by atoms with Crippen molar-refractivity contribution < 1.29 is 14.9 Å². The van der Waals surface area contributed by atoms with E-state index in [0.29, 0.717) is 17.8 Å². The predicted octanol–water partition coefficient (Wildman–Crippen LogP) is 3.84. The van der Waals surface area contributed by atoms with Gasteiger partial charge in [-0.15, -0.1) is 0 Å². The standard InChI is InChI=1S/C16H26O3/c1-10-5-6-14(11(2)12(3)17)15-9-16(4,19-18)8-7-13(10)15/h9-11,13-14,18H,5-8H2,1-4H3/t10-,11+,13+,14-,16-/m1/s1. The van der Waals surface area contributed by atoms with E-state index in [0.717, 1.165) is 19.3 Å². The molecule has 19 heavy (non-hydrogen) atoms. The van der Waals surface area contributed by atoms with Gasteiger partial charge in [0.1, 0.15) is 11.4 Å². The Balaban J connectivity index is 2.33. The Labute approximate surface area is 116 Å². The maximum atomic E-state index is 11.7. The molecule has 1 saturated carbocycles. The molecule has 3 nitrogen and oxygen atoms in total. The largest absolute Gasteiger partial charge is 0.300 e. The van der Waals surface area contributed by atoms with E-state index in [1.165, 1.54) is 12.0 Å². The van der Waals surface area contributed by atoms with Gasteiger partial charge in [0.25, 0.3) is 0 Å². The minimum Gasteiger partial charge on any atom is -0.300 e. The summed E-state index contributed by atoms with van der Waals surface area (Å²) in [6.45, 7) is 7.94. The fourth-order valence-corrected chi connectivity index (χ4v) is 3.84. The molecule has 0 aliphatic heterocycles. The van der Waals surface area contributed by atoms with Crippen LogP contribution in [0.15, 0.2) is 11.6 Å². The summed E-state index contributed by atoms with van der Waals surface area (Å²) in [4.78, 5) is 16.4. The zero-order valence-corrected chi connectivity index (χ0v) is 12.5. The Morgan fingerprint density at radius 2 is 2.16 bits per heavy atom. The number of hydrogen-bond acceptors (Lipinski definition) is 3. The van der Waals surface area contributed by atoms with Crippen LogP contribution in [0.1, 0.15) is 53.4 Å². The van der Waals surface area contributed by atoms with Gasteiger partial charge in [0.05, 0.1) is 0 Å². The monoisotopic (exact) mass is 266 g/mol. The van der Waals surface area contributed by atoms with E-state index < -0.39 is 5.60 Å². The molecule has 5 atom stereocenters. The fourth-order valence-electron chi connectivity index (χ4n) is 3.84. The molecule has 1 N–H and O–H groups in total. The number of carbonyl (C=O) groups is 1. The molecule has 3 heteroatoms. The van der Waals surface area contributed by atoms with Gasteiger partial charge in [-0.05, 0) is 57.3 Å². The van der Waals surface area contributed by atoms with Crippen LogP contribution in [0, 0.1) is 23.7 Å². The highest BCUT2D eigenvalue weighted by Crippen LogP contribution is 2.48. The van der Waals surface area contributed by atoms with Crippen LogP contribution in [-0.2, 0) is 9.68 Å². The number of fused-ring (bicyclic) bond motifs is 1. The van der Waals surface area contributed by atoms with Crippen molar-refractivity contribution in [3.63, 3.8) is 0 Å². The summed E-state index contributed by atoms with van der Waals surface area (Å²) in [6.07, 6.45) is 6.27. The molecule has 1 fully saturated rings. The van der Waals surface area contributed by atoms with Gasteiger partial charge >= 0.3 is 0 Å². The molecule has 0 spiro atoms. The van der Waals surface area contributed by atoms with Gasteiger partial charge in [0.15, 0.2) is 0 Å². The molecule has 0 aromatic rings. The smallest absolute Gasteiger partial charge is 0.133 e. The molecule has 0 radical (unpaired) electrons. The van der Waals surface area contributed by atoms with Crippen LogP contribution < -0.4 is 0 Å². The first kappa shape index (κ1) is 14.7. The van der Waals surface area contributed by atoms with Crippen molar-refractivity contribution >= 4 is 5.78 Å². The Bertz CT molecular complexity index is 387. The van der Waals surface area contributed by atoms with Gasteiger partial charge in [-0.1, -0.05) is 25.5 Å². The lowest BCUT2D eigenvalue weighted by molar-refractivity contribution is -0.306. The minimum absolute atomic E-state index is 0.0716. The van der Waals surface area contributed by atoms with E-state index in [9.17, 15) is 4.79 Å². The Kier molecular flexibility index (Phi) is 4.17. The summed E-state index contributed by atoms with van der Waals surface area (Å²) < 4.78 is 0. The van der Waals surface area contributed by atoms with E-state index >= 15 is 0 Å². The first-order chi connectivity index (χ1) is 8.88. The van der Waals surface area contributed by atoms with Gasteiger partial charge in [-0.2, -0.15) is 0 Å². The molecule has 108 valence electrons. The summed E-state index contributed by atoms with van der Waals surface area (Å²) in [6, 6.07) is 0. The van der Waals surface area contributed by atoms with Crippen molar-refractivity contribution in [3.05, 3.63) is 11.6 Å². The first-order valence-electron chi connectivity index (χ1n) is 7.43. The summed E-state index contributed by atoms with van der Waals surface area (Å²) in [5.41, 5.74) is 0.779. The zero-order valence-electron chi connectivity index (χ0n) is 12.5. The average Bonchev–Trinajstić information content (AvgIpc) is 2.38. The van der Waals surface area contributed by atoms with E-state index in [1.807, 2.05) is 13.8 Å². The van der Waals surface area contributed by atoms with Crippen LogP contribution in [0.5, 0.6) is 0 Å². The molecule has 0 aromatic heterocycles. The van der Waals surface area contributed by atoms with Crippen molar-refractivity contribution in [3.8, 4) is 0 Å². The van der Waals surface area contributed by atoms with Gasteiger partial charge in [0, 0.05) is 5.92 Å². The lowest BCUT2D eigenvalue weighted by Gasteiger charge is -2.44. The topological polar surface area (TPSA) is 46.5 Å². The lowest BCUT2D eigenvalue weighted by atomic mass is 9.62. The Hall–Kier alpha value is -0.670. The summed E-state index contributed by atoms with van der Waals surface area (Å²) in [5, 5.41) is 9.13. The minimum atomic E-state index is -0.572. The molecule has 0 amide bonds. The molecule has 0 unspecified atom stereocenters. The van der Waals surface area contributed by atoms with Crippen LogP contribution in [-0.4, -0.2) is 16.6 Å². The first-order valence-corrected chi connectivity index (χ1v) is 7.43. The SMILES string of the molecule is CC(=O)[C@H](C)[C@H]1CC[C@@H](C)[C@@H]2CC[C@@](C)(OO)C=C21. The van der Waals surface area contributed by atoms with Crippen molar-refractivity contribution in [1.82, 2.24) is 0 Å². The molecule has 0 aromatic carbocycles. The van der Waals surface area contributed by atoms with Crippen LogP contribution in [0.4, 0.5) is 0 Å². The van der Waals surface area contributed by atoms with Crippen LogP contribution in [0.3, 0.4) is 0 Å². The average molecular weight is 266 g/mol. The fraction of sp³-hybridized carbons (Fsp3) is 0.812. The quantitative estimate of drug-likeness (QED) is 0.479. The van der Waals surface area contributed by atoms with Crippen LogP contribution in [0.25, 0.3) is 0 Å². The molecular weight excluding hydrogens is 240 g/mol. The second-order valence-electron chi connectivity index (χ2n) is 6.75. The molecule has 0 saturated heterocycles. The normalized spacial score (nSPS) is 40.3. The number of allylic oxidation sites excluding steroid dienone is 1. The molecule has 2 aliphatic carbocycles. The number of carbonyl (C=O) groups excluding carboxylic acids is 1. The van der Waals surface area contributed by atoms with Crippen LogP contribution in [0.2, 0.25) is 0 Å². The maximum Gasteiger partial charge on any atom is 0.133 e. The van der Waals surface area contributed by atoms with E-state index in [4.69, 9.17) is 10.1 Å². The maximum absolute atomic E-state index is 11.7. The van der Waals surface area contributed by atoms with Crippen LogP contribution >= 0.6 is 0 Å². The van der Waals surface area contributed by atoms with Gasteiger partial charge in [-0.25, -0.2) is 4.89 Å². The number of hydrogen-bond donors (Lipinski definition) is 1. The third-order valence-electron chi connectivity index (χ3n) is 5.35. The molecule has 0 heterocycles. The van der Waals surface area contributed by atoms with Crippen molar-refractivity contribution in [2.45, 2.75) is 59.0 Å². The van der Waals surface area contributed by atoms with E-state index in [-0.39, 0.29) is 11.7 Å². The molecule has 0 bridgehead atoms. The van der Waals surface area contributed by atoms with E-state index in [2.05, 4.69) is 13.0 Å². The molecule has 2 aliphatic rings. The second-order valence-corrected chi connectivity index (χ2v) is 6.75. The highest BCUT2D eigenvalue weighted by molar-refractivity contribution is 5.78. The molecule has 2 rings (SSSR count). The van der Waals surface area contributed by atoms with Gasteiger partial charge < -0.3 is 0 Å². The van der Waals surface area contributed by atoms with E-state index in [1.54, 1.807) is 6.92 Å². The Morgan fingerprint density at radius 1 is 1.47 bits per heavy atom. The number of rotatable bonds is 3.